The highest BCUT2D eigenvalue weighted by Crippen LogP contribution is 2.35. The molecule has 2 aromatic carbocycles. The summed E-state index contributed by atoms with van der Waals surface area (Å²) in [6.45, 7) is 2.15. The maximum absolute atomic E-state index is 4.95. The molecule has 0 fully saturated rings. The second-order valence-electron chi connectivity index (χ2n) is 5.90. The van der Waals surface area contributed by atoms with Crippen LogP contribution in [0.4, 0.5) is 0 Å². The molecule has 0 saturated heterocycles. The van der Waals surface area contributed by atoms with E-state index in [9.17, 15) is 0 Å². The SMILES string of the molecule is CCc1cccc2c3nnc4scc(-c5ccc(Br)cc5)n4c-3nc12. The number of nitrogens with zero attached hydrogens (tertiary/aromatic N) is 4. The molecule has 5 rings (SSSR count). The molecular weight excluding hydrogens is 396 g/mol. The number of thiazole rings is 1. The number of halogens is 1. The molecule has 0 unspecified atom stereocenters. The van der Waals surface area contributed by atoms with Gasteiger partial charge < -0.3 is 0 Å². The Balaban J connectivity index is 1.87. The van der Waals surface area contributed by atoms with Crippen molar-refractivity contribution in [3.63, 3.8) is 0 Å². The third-order valence-corrected chi connectivity index (χ3v) is 5.83. The highest BCUT2D eigenvalue weighted by atomic mass is 79.9. The zero-order valence-corrected chi connectivity index (χ0v) is 15.8. The van der Waals surface area contributed by atoms with Crippen LogP contribution in [0.3, 0.4) is 0 Å². The molecule has 0 N–H and O–H groups in total. The Morgan fingerprint density at radius 2 is 1.92 bits per heavy atom. The van der Waals surface area contributed by atoms with Gasteiger partial charge in [0.15, 0.2) is 5.82 Å². The van der Waals surface area contributed by atoms with E-state index in [2.05, 4.69) is 85.3 Å². The van der Waals surface area contributed by atoms with Crippen molar-refractivity contribution in [2.24, 2.45) is 0 Å². The van der Waals surface area contributed by atoms with Crippen LogP contribution in [0.1, 0.15) is 12.5 Å². The van der Waals surface area contributed by atoms with E-state index < -0.39 is 0 Å². The number of rotatable bonds is 2. The molecule has 3 aromatic rings. The second-order valence-corrected chi connectivity index (χ2v) is 7.65. The fourth-order valence-electron chi connectivity index (χ4n) is 3.23. The summed E-state index contributed by atoms with van der Waals surface area (Å²) in [5.74, 6) is 0.875. The molecule has 0 aliphatic carbocycles. The van der Waals surface area contributed by atoms with E-state index in [1.54, 1.807) is 11.3 Å². The van der Waals surface area contributed by atoms with Crippen molar-refractivity contribution >= 4 is 43.1 Å². The quantitative estimate of drug-likeness (QED) is 0.390. The van der Waals surface area contributed by atoms with Gasteiger partial charge in [0.1, 0.15) is 5.69 Å². The number of aryl methyl sites for hydroxylation is 1. The van der Waals surface area contributed by atoms with E-state index in [4.69, 9.17) is 4.98 Å². The summed E-state index contributed by atoms with van der Waals surface area (Å²) in [6.07, 6.45) is 0.950. The van der Waals surface area contributed by atoms with Crippen molar-refractivity contribution in [2.75, 3.05) is 0 Å². The lowest BCUT2D eigenvalue weighted by Crippen LogP contribution is -1.99. The molecule has 0 amide bonds. The molecule has 0 saturated carbocycles. The summed E-state index contributed by atoms with van der Waals surface area (Å²) in [7, 11) is 0. The van der Waals surface area contributed by atoms with Gasteiger partial charge in [-0.05, 0) is 29.7 Å². The predicted octanol–water partition coefficient (Wildman–Crippen LogP) is 5.44. The van der Waals surface area contributed by atoms with Crippen molar-refractivity contribution in [1.29, 1.82) is 0 Å². The summed E-state index contributed by atoms with van der Waals surface area (Å²) in [5.41, 5.74) is 5.36. The van der Waals surface area contributed by atoms with Gasteiger partial charge in [-0.1, -0.05) is 53.2 Å². The standard InChI is InChI=1S/C19H13BrN4S/c1-2-11-4-3-5-14-16(11)21-18-17(14)22-23-19-24(18)15(10-25-19)12-6-8-13(20)9-7-12/h3-10H,2H2,1H3. The normalized spacial score (nSPS) is 11.8. The number of aromatic nitrogens is 4. The van der Waals surface area contributed by atoms with Gasteiger partial charge in [-0.3, -0.25) is 4.40 Å². The summed E-state index contributed by atoms with van der Waals surface area (Å²) < 4.78 is 3.19. The lowest BCUT2D eigenvalue weighted by molar-refractivity contribution is 0.988. The van der Waals surface area contributed by atoms with Gasteiger partial charge in [0.05, 0.1) is 11.2 Å². The first-order valence-corrected chi connectivity index (χ1v) is 9.73. The van der Waals surface area contributed by atoms with Gasteiger partial charge in [-0.25, -0.2) is 4.98 Å². The molecule has 0 atom stereocenters. The first kappa shape index (κ1) is 15.0. The van der Waals surface area contributed by atoms with Crippen molar-refractivity contribution < 1.29 is 0 Å². The van der Waals surface area contributed by atoms with Crippen LogP contribution < -0.4 is 0 Å². The Bertz CT molecular complexity index is 1190. The van der Waals surface area contributed by atoms with Crippen LogP contribution in [-0.4, -0.2) is 19.6 Å². The number of para-hydroxylation sites is 1. The Hall–Kier alpha value is -2.31. The average Bonchev–Trinajstić information content (AvgIpc) is 3.23. The van der Waals surface area contributed by atoms with Gasteiger partial charge in [-0.2, -0.15) is 0 Å². The Kier molecular flexibility index (Phi) is 3.36. The average molecular weight is 409 g/mol. The smallest absolute Gasteiger partial charge is 0.216 e. The first-order chi connectivity index (χ1) is 12.3. The second kappa shape index (κ2) is 5.61. The molecule has 4 nitrogen and oxygen atoms in total. The van der Waals surface area contributed by atoms with Crippen molar-refractivity contribution in [1.82, 2.24) is 19.6 Å². The number of hydrogen-bond donors (Lipinski definition) is 0. The van der Waals surface area contributed by atoms with Gasteiger partial charge in [-0.15, -0.1) is 21.5 Å². The van der Waals surface area contributed by atoms with Gasteiger partial charge in [0, 0.05) is 15.2 Å². The molecule has 6 heteroatoms. The number of hydrogen-bond acceptors (Lipinski definition) is 4. The van der Waals surface area contributed by atoms with E-state index in [-0.39, 0.29) is 0 Å². The summed E-state index contributed by atoms with van der Waals surface area (Å²) >= 11 is 5.08. The molecule has 0 spiro atoms. The van der Waals surface area contributed by atoms with E-state index in [1.165, 1.54) is 5.56 Å². The highest BCUT2D eigenvalue weighted by Gasteiger charge is 2.21. The van der Waals surface area contributed by atoms with Crippen molar-refractivity contribution in [3.8, 4) is 22.8 Å². The molecule has 2 aliphatic heterocycles. The molecular formula is C19H13BrN4S. The van der Waals surface area contributed by atoms with Gasteiger partial charge >= 0.3 is 0 Å². The van der Waals surface area contributed by atoms with Gasteiger partial charge in [0.2, 0.25) is 4.96 Å². The highest BCUT2D eigenvalue weighted by molar-refractivity contribution is 9.10. The van der Waals surface area contributed by atoms with Crippen LogP contribution >= 0.6 is 27.3 Å². The van der Waals surface area contributed by atoms with E-state index >= 15 is 0 Å². The lowest BCUT2D eigenvalue weighted by atomic mass is 10.1. The van der Waals surface area contributed by atoms with Crippen molar-refractivity contribution in [3.05, 3.63) is 57.9 Å². The third-order valence-electron chi connectivity index (χ3n) is 4.48. The first-order valence-electron chi connectivity index (χ1n) is 8.06. The fraction of sp³-hybridized carbons (Fsp3) is 0.105. The van der Waals surface area contributed by atoms with Gasteiger partial charge in [0.25, 0.3) is 0 Å². The number of fused-ring (bicyclic) bond motifs is 5. The Morgan fingerprint density at radius 3 is 2.72 bits per heavy atom. The fourth-order valence-corrected chi connectivity index (χ4v) is 4.34. The molecule has 0 radical (unpaired) electrons. The number of benzene rings is 2. The Morgan fingerprint density at radius 1 is 1.08 bits per heavy atom. The minimum absolute atomic E-state index is 0.853. The van der Waals surface area contributed by atoms with E-state index in [0.29, 0.717) is 0 Å². The third kappa shape index (κ3) is 2.21. The van der Waals surface area contributed by atoms with Crippen LogP contribution in [0, 0.1) is 0 Å². The summed E-state index contributed by atoms with van der Waals surface area (Å²) in [6, 6.07) is 14.6. The largest absolute Gasteiger partial charge is 0.266 e. The zero-order chi connectivity index (χ0) is 17.0. The molecule has 0 bridgehead atoms. The van der Waals surface area contributed by atoms with E-state index in [1.807, 2.05) is 0 Å². The maximum Gasteiger partial charge on any atom is 0.216 e. The molecule has 122 valence electrons. The zero-order valence-electron chi connectivity index (χ0n) is 13.4. The van der Waals surface area contributed by atoms with Crippen LogP contribution in [0.5, 0.6) is 0 Å². The lowest BCUT2D eigenvalue weighted by Gasteiger charge is -2.05. The van der Waals surface area contributed by atoms with Crippen LogP contribution in [0.15, 0.2) is 52.3 Å². The molecule has 25 heavy (non-hydrogen) atoms. The monoisotopic (exact) mass is 408 g/mol. The van der Waals surface area contributed by atoms with Crippen LogP contribution in [0.2, 0.25) is 0 Å². The minimum Gasteiger partial charge on any atom is -0.266 e. The minimum atomic E-state index is 0.853. The summed E-state index contributed by atoms with van der Waals surface area (Å²) in [4.78, 5) is 5.80. The maximum atomic E-state index is 4.95. The van der Waals surface area contributed by atoms with E-state index in [0.717, 1.165) is 49.5 Å². The Labute approximate surface area is 156 Å². The molecule has 1 aromatic heterocycles. The predicted molar refractivity (Wildman–Crippen MR) is 105 cm³/mol. The molecule has 3 heterocycles. The topological polar surface area (TPSA) is 43.1 Å². The summed E-state index contributed by atoms with van der Waals surface area (Å²) in [5, 5.41) is 12.1. The van der Waals surface area contributed by atoms with Crippen LogP contribution in [0.25, 0.3) is 38.6 Å². The molecule has 2 aliphatic rings. The van der Waals surface area contributed by atoms with Crippen molar-refractivity contribution in [2.45, 2.75) is 13.3 Å². The van der Waals surface area contributed by atoms with Crippen LogP contribution in [-0.2, 0) is 6.42 Å².